The Morgan fingerprint density at radius 1 is 1.30 bits per heavy atom. The molecule has 2 fully saturated rings. The summed E-state index contributed by atoms with van der Waals surface area (Å²) in [6, 6.07) is 0. The maximum atomic E-state index is 11.9. The van der Waals surface area contributed by atoms with E-state index in [9.17, 15) is 14.7 Å². The minimum Gasteiger partial charge on any atom is -0.394 e. The smallest absolute Gasteiger partial charge is 0.325 e. The molecule has 0 bridgehead atoms. The van der Waals surface area contributed by atoms with E-state index in [0.29, 0.717) is 0 Å². The van der Waals surface area contributed by atoms with Crippen LogP contribution in [0.4, 0.5) is 0 Å². The van der Waals surface area contributed by atoms with Crippen molar-refractivity contribution in [1.29, 1.82) is 0 Å². The van der Waals surface area contributed by atoms with Gasteiger partial charge in [0.25, 0.3) is 5.56 Å². The highest BCUT2D eigenvalue weighted by atomic mass is 16.8. The van der Waals surface area contributed by atoms with Crippen molar-refractivity contribution in [3.05, 3.63) is 32.6 Å². The first kappa shape index (κ1) is 13.5. The lowest BCUT2D eigenvalue weighted by molar-refractivity contribution is -0.191. The molecule has 3 N–H and O–H groups in total. The largest absolute Gasteiger partial charge is 0.394 e. The van der Waals surface area contributed by atoms with Crippen molar-refractivity contribution in [2.75, 3.05) is 6.61 Å². The fraction of sp³-hybridized carbons (Fsp3) is 0.667. The summed E-state index contributed by atoms with van der Waals surface area (Å²) in [7, 11) is 0. The van der Waals surface area contributed by atoms with Crippen LogP contribution in [0.5, 0.6) is 0 Å². The van der Waals surface area contributed by atoms with E-state index < -0.39 is 41.5 Å². The SMILES string of the molecule is CC1(C)O[C@@H]2[C@H](O1)[C@@H](CO)O[C@H]2c1c[nH]c(=O)[nH]c1=O. The van der Waals surface area contributed by atoms with Gasteiger partial charge in [-0.3, -0.25) is 9.78 Å². The summed E-state index contributed by atoms with van der Waals surface area (Å²) >= 11 is 0. The third-order valence-electron chi connectivity index (χ3n) is 3.48. The second-order valence-electron chi connectivity index (χ2n) is 5.37. The predicted octanol–water partition coefficient (Wildman–Crippen LogP) is -0.984. The number of aromatic amines is 2. The Kier molecular flexibility index (Phi) is 3.05. The molecule has 3 rings (SSSR count). The van der Waals surface area contributed by atoms with E-state index in [-0.39, 0.29) is 12.2 Å². The first-order chi connectivity index (χ1) is 9.41. The van der Waals surface area contributed by atoms with Gasteiger partial charge in [0.1, 0.15) is 24.4 Å². The molecule has 0 amide bonds. The molecule has 0 unspecified atom stereocenters. The van der Waals surface area contributed by atoms with Gasteiger partial charge in [-0.25, -0.2) is 4.79 Å². The van der Waals surface area contributed by atoms with Crippen LogP contribution in [-0.2, 0) is 14.2 Å². The molecule has 2 aliphatic heterocycles. The fourth-order valence-electron chi connectivity index (χ4n) is 2.71. The van der Waals surface area contributed by atoms with Crippen molar-refractivity contribution in [3.63, 3.8) is 0 Å². The van der Waals surface area contributed by atoms with E-state index in [0.717, 1.165) is 0 Å². The quantitative estimate of drug-likeness (QED) is 0.643. The number of nitrogens with one attached hydrogen (secondary N) is 2. The van der Waals surface area contributed by atoms with Crippen LogP contribution in [-0.4, -0.2) is 45.8 Å². The molecule has 3 heterocycles. The number of H-pyrrole nitrogens is 2. The van der Waals surface area contributed by atoms with Gasteiger partial charge in [-0.05, 0) is 13.8 Å². The molecule has 8 heteroatoms. The topological polar surface area (TPSA) is 114 Å². The molecule has 20 heavy (non-hydrogen) atoms. The number of aliphatic hydroxyl groups excluding tert-OH is 1. The zero-order valence-electron chi connectivity index (χ0n) is 11.1. The first-order valence-corrected chi connectivity index (χ1v) is 6.35. The average molecular weight is 284 g/mol. The van der Waals surface area contributed by atoms with Gasteiger partial charge < -0.3 is 24.3 Å². The normalized spacial score (nSPS) is 35.1. The van der Waals surface area contributed by atoms with Gasteiger partial charge in [0, 0.05) is 6.20 Å². The summed E-state index contributed by atoms with van der Waals surface area (Å²) in [6.45, 7) is 3.28. The Morgan fingerprint density at radius 2 is 2.00 bits per heavy atom. The summed E-state index contributed by atoms with van der Waals surface area (Å²) < 4.78 is 17.1. The monoisotopic (exact) mass is 284 g/mol. The number of rotatable bonds is 2. The lowest BCUT2D eigenvalue weighted by Crippen LogP contribution is -2.32. The van der Waals surface area contributed by atoms with Gasteiger partial charge in [0.05, 0.1) is 12.2 Å². The summed E-state index contributed by atoms with van der Waals surface area (Å²) in [5, 5.41) is 9.36. The first-order valence-electron chi connectivity index (χ1n) is 6.35. The highest BCUT2D eigenvalue weighted by molar-refractivity contribution is 5.15. The van der Waals surface area contributed by atoms with Crippen molar-refractivity contribution in [2.24, 2.45) is 0 Å². The molecule has 1 aromatic heterocycles. The molecule has 8 nitrogen and oxygen atoms in total. The van der Waals surface area contributed by atoms with Gasteiger partial charge in [-0.15, -0.1) is 0 Å². The van der Waals surface area contributed by atoms with Gasteiger partial charge in [0.2, 0.25) is 0 Å². The van der Waals surface area contributed by atoms with Gasteiger partial charge >= 0.3 is 5.69 Å². The van der Waals surface area contributed by atoms with E-state index in [1.54, 1.807) is 13.8 Å². The van der Waals surface area contributed by atoms with E-state index in [1.165, 1.54) is 6.20 Å². The lowest BCUT2D eigenvalue weighted by Gasteiger charge is -2.23. The third kappa shape index (κ3) is 2.10. The summed E-state index contributed by atoms with van der Waals surface area (Å²) in [5.74, 6) is -0.806. The van der Waals surface area contributed by atoms with Crippen molar-refractivity contribution < 1.29 is 19.3 Å². The van der Waals surface area contributed by atoms with Crippen molar-refractivity contribution in [2.45, 2.75) is 44.1 Å². The molecule has 0 saturated carbocycles. The second kappa shape index (κ2) is 4.52. The van der Waals surface area contributed by atoms with Crippen molar-refractivity contribution in [3.8, 4) is 0 Å². The molecular formula is C12H16N2O6. The van der Waals surface area contributed by atoms with Gasteiger partial charge in [-0.2, -0.15) is 0 Å². The summed E-state index contributed by atoms with van der Waals surface area (Å²) in [4.78, 5) is 27.5. The molecule has 1 aromatic rings. The van der Waals surface area contributed by atoms with Crippen LogP contribution >= 0.6 is 0 Å². The predicted molar refractivity (Wildman–Crippen MR) is 66.2 cm³/mol. The number of hydrogen-bond donors (Lipinski definition) is 3. The Bertz CT molecular complexity index is 621. The van der Waals surface area contributed by atoms with E-state index in [1.807, 2.05) is 0 Å². The van der Waals surface area contributed by atoms with Crippen LogP contribution in [0.3, 0.4) is 0 Å². The summed E-state index contributed by atoms with van der Waals surface area (Å²) in [5.41, 5.74) is -0.878. The maximum Gasteiger partial charge on any atom is 0.325 e. The van der Waals surface area contributed by atoms with Gasteiger partial charge in [-0.1, -0.05) is 0 Å². The van der Waals surface area contributed by atoms with E-state index in [4.69, 9.17) is 14.2 Å². The molecule has 2 aliphatic rings. The van der Waals surface area contributed by atoms with Crippen LogP contribution in [0.2, 0.25) is 0 Å². The number of ether oxygens (including phenoxy) is 3. The molecular weight excluding hydrogens is 268 g/mol. The maximum absolute atomic E-state index is 11.9. The molecule has 0 aromatic carbocycles. The second-order valence-corrected chi connectivity index (χ2v) is 5.37. The van der Waals surface area contributed by atoms with Crippen LogP contribution in [0, 0.1) is 0 Å². The number of fused-ring (bicyclic) bond motifs is 1. The molecule has 0 radical (unpaired) electrons. The standard InChI is InChI=1S/C12H16N2O6/c1-12(2)19-8-6(4-15)18-7(9(8)20-12)5-3-13-11(17)14-10(5)16/h3,6-9,15H,4H2,1-2H3,(H2,13,14,16,17)/t6-,7+,8-,9+/m1/s1. The highest BCUT2D eigenvalue weighted by Gasteiger charge is 2.55. The van der Waals surface area contributed by atoms with Crippen LogP contribution in [0.25, 0.3) is 0 Å². The Morgan fingerprint density at radius 3 is 2.65 bits per heavy atom. The Hall–Kier alpha value is -1.48. The molecule has 0 spiro atoms. The number of aromatic nitrogens is 2. The van der Waals surface area contributed by atoms with Crippen molar-refractivity contribution >= 4 is 0 Å². The molecule has 4 atom stereocenters. The number of hydrogen-bond acceptors (Lipinski definition) is 6. The Labute approximate surface area is 113 Å². The van der Waals surface area contributed by atoms with Crippen LogP contribution < -0.4 is 11.2 Å². The van der Waals surface area contributed by atoms with E-state index in [2.05, 4.69) is 9.97 Å². The zero-order valence-corrected chi connectivity index (χ0v) is 11.1. The third-order valence-corrected chi connectivity index (χ3v) is 3.48. The minimum atomic E-state index is -0.806. The molecule has 0 aliphatic carbocycles. The minimum absolute atomic E-state index is 0.238. The van der Waals surface area contributed by atoms with Gasteiger partial charge in [0.15, 0.2) is 5.79 Å². The highest BCUT2D eigenvalue weighted by Crippen LogP contribution is 2.44. The molecule has 2 saturated heterocycles. The van der Waals surface area contributed by atoms with Crippen molar-refractivity contribution in [1.82, 2.24) is 9.97 Å². The zero-order chi connectivity index (χ0) is 14.5. The van der Waals surface area contributed by atoms with E-state index >= 15 is 0 Å². The molecule has 110 valence electrons. The lowest BCUT2D eigenvalue weighted by atomic mass is 10.0. The average Bonchev–Trinajstić information content (AvgIpc) is 2.83. The number of aliphatic hydroxyl groups is 1. The Balaban J connectivity index is 1.98. The van der Waals surface area contributed by atoms with Crippen LogP contribution in [0.1, 0.15) is 25.5 Å². The van der Waals surface area contributed by atoms with Crippen LogP contribution in [0.15, 0.2) is 15.8 Å². The fourth-order valence-corrected chi connectivity index (χ4v) is 2.71. The summed E-state index contributed by atoms with van der Waals surface area (Å²) in [6.07, 6.45) is -0.921.